The van der Waals surface area contributed by atoms with Crippen molar-refractivity contribution in [3.05, 3.63) is 65.1 Å². The van der Waals surface area contributed by atoms with E-state index >= 15 is 0 Å². The van der Waals surface area contributed by atoms with E-state index < -0.39 is 0 Å². The fraction of sp³-hybridized carbons (Fsp3) is 0.278. The van der Waals surface area contributed by atoms with Gasteiger partial charge in [0.25, 0.3) is 5.91 Å². The Labute approximate surface area is 144 Å². The summed E-state index contributed by atoms with van der Waals surface area (Å²) in [6, 6.07) is 13.1. The molecule has 1 fully saturated rings. The third kappa shape index (κ3) is 2.65. The van der Waals surface area contributed by atoms with Gasteiger partial charge in [-0.1, -0.05) is 29.8 Å². The number of pyridine rings is 1. The van der Waals surface area contributed by atoms with Gasteiger partial charge in [0.2, 0.25) is 0 Å². The van der Waals surface area contributed by atoms with E-state index in [9.17, 15) is 4.79 Å². The first-order valence-corrected chi connectivity index (χ1v) is 8.45. The molecule has 3 heterocycles. The van der Waals surface area contributed by atoms with Crippen LogP contribution in [0.3, 0.4) is 0 Å². The molecule has 122 valence electrons. The van der Waals surface area contributed by atoms with E-state index in [1.54, 1.807) is 12.1 Å². The van der Waals surface area contributed by atoms with Crippen LogP contribution in [0.5, 0.6) is 0 Å². The van der Waals surface area contributed by atoms with Crippen LogP contribution in [0.4, 0.5) is 0 Å². The zero-order valence-corrected chi connectivity index (χ0v) is 13.9. The van der Waals surface area contributed by atoms with Crippen LogP contribution in [0.15, 0.2) is 48.7 Å². The third-order valence-corrected chi connectivity index (χ3v) is 4.85. The minimum atomic E-state index is -0.0147. The highest BCUT2D eigenvalue weighted by molar-refractivity contribution is 6.33. The molecule has 1 aliphatic heterocycles. The number of rotatable bonds is 2. The van der Waals surface area contributed by atoms with E-state index in [4.69, 9.17) is 11.6 Å². The molecule has 0 spiro atoms. The van der Waals surface area contributed by atoms with Crippen LogP contribution >= 0.6 is 11.6 Å². The van der Waals surface area contributed by atoms with Crippen molar-refractivity contribution in [1.29, 1.82) is 0 Å². The standard InChI is InChI=1S/C18H17ClN4O/c19-15-8-2-1-7-14(15)18(24)22-10-5-6-13(12-22)17-21-20-16-9-3-4-11-23(16)17/h1-4,7-9,11,13H,5-6,10,12H2/t13-/m0/s1. The van der Waals surface area contributed by atoms with Gasteiger partial charge in [-0.3, -0.25) is 9.20 Å². The maximum atomic E-state index is 12.8. The van der Waals surface area contributed by atoms with Gasteiger partial charge in [0, 0.05) is 25.2 Å². The highest BCUT2D eigenvalue weighted by atomic mass is 35.5. The molecule has 1 aliphatic rings. The van der Waals surface area contributed by atoms with Gasteiger partial charge in [-0.15, -0.1) is 10.2 Å². The molecule has 1 aromatic carbocycles. The van der Waals surface area contributed by atoms with Crippen LogP contribution in [-0.2, 0) is 0 Å². The van der Waals surface area contributed by atoms with Crippen LogP contribution < -0.4 is 0 Å². The largest absolute Gasteiger partial charge is 0.338 e. The van der Waals surface area contributed by atoms with E-state index in [-0.39, 0.29) is 11.8 Å². The van der Waals surface area contributed by atoms with Crippen LogP contribution in [-0.4, -0.2) is 38.5 Å². The molecule has 5 nitrogen and oxygen atoms in total. The van der Waals surface area contributed by atoms with Crippen molar-refractivity contribution in [2.24, 2.45) is 0 Å². The number of hydrogen-bond donors (Lipinski definition) is 0. The average molecular weight is 341 g/mol. The van der Waals surface area contributed by atoms with E-state index in [0.717, 1.165) is 30.9 Å². The minimum Gasteiger partial charge on any atom is -0.338 e. The van der Waals surface area contributed by atoms with E-state index in [1.165, 1.54) is 0 Å². The van der Waals surface area contributed by atoms with Gasteiger partial charge in [-0.25, -0.2) is 0 Å². The Bertz CT molecular complexity index is 891. The molecule has 1 atom stereocenters. The molecule has 0 bridgehead atoms. The molecule has 0 aliphatic carbocycles. The monoisotopic (exact) mass is 340 g/mol. The number of carbonyl (C=O) groups is 1. The summed E-state index contributed by atoms with van der Waals surface area (Å²) in [5.74, 6) is 1.09. The van der Waals surface area contributed by atoms with Crippen LogP contribution in [0.1, 0.15) is 34.9 Å². The smallest absolute Gasteiger partial charge is 0.255 e. The fourth-order valence-corrected chi connectivity index (χ4v) is 3.53. The molecule has 4 rings (SSSR count). The molecule has 1 amide bonds. The molecule has 3 aromatic rings. The van der Waals surface area contributed by atoms with E-state index in [0.29, 0.717) is 17.1 Å². The second-order valence-corrected chi connectivity index (χ2v) is 6.46. The molecule has 0 N–H and O–H groups in total. The van der Waals surface area contributed by atoms with E-state index in [2.05, 4.69) is 10.2 Å². The second-order valence-electron chi connectivity index (χ2n) is 6.06. The summed E-state index contributed by atoms with van der Waals surface area (Å²) in [4.78, 5) is 14.7. The van der Waals surface area contributed by atoms with Crippen molar-refractivity contribution in [2.75, 3.05) is 13.1 Å². The number of hydrogen-bond acceptors (Lipinski definition) is 3. The molecule has 2 aromatic heterocycles. The SMILES string of the molecule is O=C(c1ccccc1Cl)N1CCC[C@H](c2nnc3ccccn23)C1. The number of fused-ring (bicyclic) bond motifs is 1. The Morgan fingerprint density at radius 2 is 1.96 bits per heavy atom. The van der Waals surface area contributed by atoms with Crippen molar-refractivity contribution in [2.45, 2.75) is 18.8 Å². The first kappa shape index (κ1) is 15.1. The summed E-state index contributed by atoms with van der Waals surface area (Å²) >= 11 is 6.18. The lowest BCUT2D eigenvalue weighted by molar-refractivity contribution is 0.0704. The van der Waals surface area contributed by atoms with Gasteiger partial charge < -0.3 is 4.90 Å². The summed E-state index contributed by atoms with van der Waals surface area (Å²) in [7, 11) is 0. The molecular formula is C18H17ClN4O. The number of piperidine rings is 1. The molecular weight excluding hydrogens is 324 g/mol. The first-order valence-electron chi connectivity index (χ1n) is 8.07. The van der Waals surface area contributed by atoms with Gasteiger partial charge >= 0.3 is 0 Å². The maximum absolute atomic E-state index is 12.8. The normalized spacial score (nSPS) is 18.0. The predicted molar refractivity (Wildman–Crippen MR) is 92.3 cm³/mol. The van der Waals surface area contributed by atoms with Crippen molar-refractivity contribution in [3.63, 3.8) is 0 Å². The predicted octanol–water partition coefficient (Wildman–Crippen LogP) is 3.40. The molecule has 6 heteroatoms. The summed E-state index contributed by atoms with van der Waals surface area (Å²) in [5.41, 5.74) is 1.40. The van der Waals surface area contributed by atoms with Gasteiger partial charge in [-0.05, 0) is 37.1 Å². The summed E-state index contributed by atoms with van der Waals surface area (Å²) in [5, 5.41) is 9.07. The first-order chi connectivity index (χ1) is 11.7. The fourth-order valence-electron chi connectivity index (χ4n) is 3.32. The van der Waals surface area contributed by atoms with Crippen LogP contribution in [0, 0.1) is 0 Å². The number of benzene rings is 1. The number of nitrogens with zero attached hydrogens (tertiary/aromatic N) is 4. The van der Waals surface area contributed by atoms with Crippen molar-refractivity contribution in [3.8, 4) is 0 Å². The average Bonchev–Trinajstić information content (AvgIpc) is 3.06. The number of carbonyl (C=O) groups excluding carboxylic acids is 1. The zero-order valence-electron chi connectivity index (χ0n) is 13.1. The Morgan fingerprint density at radius 1 is 1.12 bits per heavy atom. The van der Waals surface area contributed by atoms with Gasteiger partial charge in [-0.2, -0.15) is 0 Å². The summed E-state index contributed by atoms with van der Waals surface area (Å²) in [6.45, 7) is 1.39. The lowest BCUT2D eigenvalue weighted by Crippen LogP contribution is -2.39. The number of halogens is 1. The van der Waals surface area contributed by atoms with Crippen molar-refractivity contribution >= 4 is 23.2 Å². The quantitative estimate of drug-likeness (QED) is 0.718. The number of aromatic nitrogens is 3. The molecule has 0 unspecified atom stereocenters. The Balaban J connectivity index is 1.60. The highest BCUT2D eigenvalue weighted by Gasteiger charge is 2.29. The van der Waals surface area contributed by atoms with Gasteiger partial charge in [0.05, 0.1) is 10.6 Å². The Kier molecular flexibility index (Phi) is 3.94. The minimum absolute atomic E-state index is 0.0147. The van der Waals surface area contributed by atoms with Crippen molar-refractivity contribution in [1.82, 2.24) is 19.5 Å². The zero-order chi connectivity index (χ0) is 16.5. The van der Waals surface area contributed by atoms with Crippen LogP contribution in [0.25, 0.3) is 5.65 Å². The number of likely N-dealkylation sites (tertiary alicyclic amines) is 1. The Hall–Kier alpha value is -2.40. The van der Waals surface area contributed by atoms with Crippen molar-refractivity contribution < 1.29 is 4.79 Å². The van der Waals surface area contributed by atoms with Crippen LogP contribution in [0.2, 0.25) is 5.02 Å². The number of amides is 1. The molecule has 1 saturated heterocycles. The summed E-state index contributed by atoms with van der Waals surface area (Å²) < 4.78 is 2.01. The lowest BCUT2D eigenvalue weighted by Gasteiger charge is -2.32. The molecule has 24 heavy (non-hydrogen) atoms. The second kappa shape index (κ2) is 6.24. The molecule has 0 radical (unpaired) electrons. The Morgan fingerprint density at radius 3 is 2.83 bits per heavy atom. The highest BCUT2D eigenvalue weighted by Crippen LogP contribution is 2.28. The van der Waals surface area contributed by atoms with Gasteiger partial charge in [0.15, 0.2) is 5.65 Å². The maximum Gasteiger partial charge on any atom is 0.255 e. The van der Waals surface area contributed by atoms with E-state index in [1.807, 2.05) is 45.8 Å². The third-order valence-electron chi connectivity index (χ3n) is 4.52. The lowest BCUT2D eigenvalue weighted by atomic mass is 9.96. The molecule has 0 saturated carbocycles. The van der Waals surface area contributed by atoms with Gasteiger partial charge in [0.1, 0.15) is 5.82 Å². The topological polar surface area (TPSA) is 50.5 Å². The summed E-state index contributed by atoms with van der Waals surface area (Å²) in [6.07, 6.45) is 3.92.